The van der Waals surface area contributed by atoms with E-state index in [1.807, 2.05) is 59.3 Å². The molecule has 8 nitrogen and oxygen atoms in total. The summed E-state index contributed by atoms with van der Waals surface area (Å²) in [7, 11) is 0. The minimum absolute atomic E-state index is 0.0403. The Balaban J connectivity index is 1.49. The van der Waals surface area contributed by atoms with Gasteiger partial charge >= 0.3 is 0 Å². The van der Waals surface area contributed by atoms with Gasteiger partial charge in [-0.25, -0.2) is 4.68 Å². The Morgan fingerprint density at radius 2 is 1.97 bits per heavy atom. The molecule has 6 aromatic rings. The third-order valence-electron chi connectivity index (χ3n) is 5.62. The predicted octanol–water partition coefficient (Wildman–Crippen LogP) is 4.82. The van der Waals surface area contributed by atoms with Crippen LogP contribution in [-0.4, -0.2) is 40.0 Å². The molecule has 0 fully saturated rings. The number of aromatic nitrogens is 8. The third kappa shape index (κ3) is 2.96. The van der Waals surface area contributed by atoms with Crippen molar-refractivity contribution in [2.24, 2.45) is 0 Å². The topological polar surface area (TPSA) is 90.1 Å². The van der Waals surface area contributed by atoms with Crippen LogP contribution in [0.5, 0.6) is 0 Å². The van der Waals surface area contributed by atoms with E-state index in [0.717, 1.165) is 39.1 Å². The Hall–Kier alpha value is -4.04. The van der Waals surface area contributed by atoms with E-state index in [-0.39, 0.29) is 6.04 Å². The zero-order chi connectivity index (χ0) is 21.7. The van der Waals surface area contributed by atoms with E-state index in [0.29, 0.717) is 10.5 Å². The summed E-state index contributed by atoms with van der Waals surface area (Å²) in [6.45, 7) is 2.07. The number of hydrogen-bond donors (Lipinski definition) is 1. The zero-order valence-electron chi connectivity index (χ0n) is 17.0. The smallest absolute Gasteiger partial charge is 0.132 e. The number of pyridine rings is 1. The molecule has 1 unspecified atom stereocenters. The highest BCUT2D eigenvalue weighted by molar-refractivity contribution is 6.35. The second-order valence-corrected chi connectivity index (χ2v) is 7.97. The Morgan fingerprint density at radius 3 is 2.84 bits per heavy atom. The SMILES string of the molecule is CC(c1ccccn1)n1nccc1-c1cc(Cl)c2nnn(-c3ccc4cn[nH]c4c3)c2c1. The van der Waals surface area contributed by atoms with Crippen molar-refractivity contribution in [3.8, 4) is 16.9 Å². The highest BCUT2D eigenvalue weighted by atomic mass is 35.5. The van der Waals surface area contributed by atoms with Gasteiger partial charge in [0, 0.05) is 23.3 Å². The summed E-state index contributed by atoms with van der Waals surface area (Å²) < 4.78 is 3.73. The van der Waals surface area contributed by atoms with Gasteiger partial charge in [-0.05, 0) is 55.5 Å². The Morgan fingerprint density at radius 1 is 1.03 bits per heavy atom. The molecule has 1 atom stereocenters. The zero-order valence-corrected chi connectivity index (χ0v) is 17.8. The molecule has 6 rings (SSSR count). The standard InChI is InChI=1S/C23H17ClN8/c1-14(19-4-2-3-8-25-19)31-21(7-9-27-31)16-10-18(24)23-22(11-16)32(30-29-23)17-6-5-15-13-26-28-20(15)12-17/h2-14H,1H3,(H,26,28). The molecular formula is C23H17ClN8. The average molecular weight is 441 g/mol. The van der Waals surface area contributed by atoms with Crippen LogP contribution in [0.1, 0.15) is 18.7 Å². The van der Waals surface area contributed by atoms with E-state index in [1.165, 1.54) is 0 Å². The van der Waals surface area contributed by atoms with Crippen LogP contribution in [0.4, 0.5) is 0 Å². The molecule has 0 aliphatic rings. The lowest BCUT2D eigenvalue weighted by molar-refractivity contribution is 0.557. The fourth-order valence-corrected chi connectivity index (χ4v) is 4.23. The monoisotopic (exact) mass is 440 g/mol. The molecule has 0 aliphatic carbocycles. The van der Waals surface area contributed by atoms with Crippen LogP contribution in [-0.2, 0) is 0 Å². The highest BCUT2D eigenvalue weighted by Gasteiger charge is 2.18. The van der Waals surface area contributed by atoms with Gasteiger partial charge in [-0.2, -0.15) is 10.2 Å². The maximum absolute atomic E-state index is 6.63. The molecule has 0 spiro atoms. The fourth-order valence-electron chi connectivity index (χ4n) is 3.98. The predicted molar refractivity (Wildman–Crippen MR) is 123 cm³/mol. The molecule has 156 valence electrons. The second-order valence-electron chi connectivity index (χ2n) is 7.56. The minimum Gasteiger partial charge on any atom is -0.278 e. The first-order chi connectivity index (χ1) is 15.7. The molecule has 0 aliphatic heterocycles. The van der Waals surface area contributed by atoms with Crippen molar-refractivity contribution >= 4 is 33.5 Å². The average Bonchev–Trinajstić information content (AvgIpc) is 3.57. The van der Waals surface area contributed by atoms with Crippen LogP contribution >= 0.6 is 11.6 Å². The molecule has 2 aromatic carbocycles. The highest BCUT2D eigenvalue weighted by Crippen LogP contribution is 2.32. The third-order valence-corrected chi connectivity index (χ3v) is 5.91. The molecule has 0 bridgehead atoms. The van der Waals surface area contributed by atoms with Crippen LogP contribution in [0.25, 0.3) is 38.9 Å². The van der Waals surface area contributed by atoms with Crippen LogP contribution in [0.15, 0.2) is 73.2 Å². The largest absolute Gasteiger partial charge is 0.278 e. The first-order valence-corrected chi connectivity index (χ1v) is 10.5. The summed E-state index contributed by atoms with van der Waals surface area (Å²) in [5.74, 6) is 0. The number of benzene rings is 2. The van der Waals surface area contributed by atoms with Gasteiger partial charge in [0.2, 0.25) is 0 Å². The van der Waals surface area contributed by atoms with E-state index < -0.39 is 0 Å². The van der Waals surface area contributed by atoms with Crippen molar-refractivity contribution in [1.82, 2.24) is 40.0 Å². The lowest BCUT2D eigenvalue weighted by atomic mass is 10.1. The van der Waals surface area contributed by atoms with E-state index in [1.54, 1.807) is 23.3 Å². The van der Waals surface area contributed by atoms with Crippen molar-refractivity contribution in [1.29, 1.82) is 0 Å². The number of halogens is 1. The van der Waals surface area contributed by atoms with Crippen molar-refractivity contribution < 1.29 is 0 Å². The summed E-state index contributed by atoms with van der Waals surface area (Å²) in [5, 5.41) is 21.9. The number of nitrogens with one attached hydrogen (secondary N) is 1. The van der Waals surface area contributed by atoms with E-state index >= 15 is 0 Å². The molecule has 0 saturated heterocycles. The van der Waals surface area contributed by atoms with E-state index in [4.69, 9.17) is 11.6 Å². The van der Waals surface area contributed by atoms with Crippen molar-refractivity contribution in [3.63, 3.8) is 0 Å². The Kier molecular flexibility index (Phi) is 4.26. The summed E-state index contributed by atoms with van der Waals surface area (Å²) in [6, 6.07) is 17.7. The summed E-state index contributed by atoms with van der Waals surface area (Å²) in [4.78, 5) is 4.48. The molecule has 32 heavy (non-hydrogen) atoms. The number of nitrogens with zero attached hydrogens (tertiary/aromatic N) is 7. The molecule has 1 N–H and O–H groups in total. The van der Waals surface area contributed by atoms with Crippen LogP contribution in [0.2, 0.25) is 5.02 Å². The van der Waals surface area contributed by atoms with Gasteiger partial charge in [-0.15, -0.1) is 5.10 Å². The van der Waals surface area contributed by atoms with Gasteiger partial charge in [0.25, 0.3) is 0 Å². The lowest BCUT2D eigenvalue weighted by Crippen LogP contribution is -2.11. The summed E-state index contributed by atoms with van der Waals surface area (Å²) in [6.07, 6.45) is 5.37. The number of fused-ring (bicyclic) bond motifs is 2. The number of aromatic amines is 1. The van der Waals surface area contributed by atoms with Gasteiger partial charge in [0.05, 0.1) is 45.4 Å². The van der Waals surface area contributed by atoms with Gasteiger partial charge in [0.1, 0.15) is 5.52 Å². The van der Waals surface area contributed by atoms with Gasteiger partial charge < -0.3 is 0 Å². The van der Waals surface area contributed by atoms with Gasteiger partial charge in [0.15, 0.2) is 0 Å². The lowest BCUT2D eigenvalue weighted by Gasteiger charge is -2.16. The van der Waals surface area contributed by atoms with Gasteiger partial charge in [-0.3, -0.25) is 14.8 Å². The number of H-pyrrole nitrogens is 1. The number of hydrogen-bond acceptors (Lipinski definition) is 5. The van der Waals surface area contributed by atoms with Crippen LogP contribution < -0.4 is 0 Å². The Labute approximate surface area is 187 Å². The molecule has 4 aromatic heterocycles. The summed E-state index contributed by atoms with van der Waals surface area (Å²) in [5.41, 5.74) is 6.04. The van der Waals surface area contributed by atoms with Crippen molar-refractivity contribution in [2.45, 2.75) is 13.0 Å². The van der Waals surface area contributed by atoms with Crippen molar-refractivity contribution in [3.05, 3.63) is 83.9 Å². The fraction of sp³-hybridized carbons (Fsp3) is 0.0870. The van der Waals surface area contributed by atoms with Crippen LogP contribution in [0, 0.1) is 0 Å². The van der Waals surface area contributed by atoms with E-state index in [2.05, 4.69) is 37.5 Å². The molecule has 0 radical (unpaired) electrons. The molecule has 9 heteroatoms. The Bertz CT molecular complexity index is 1560. The first kappa shape index (κ1) is 18.7. The van der Waals surface area contributed by atoms with Gasteiger partial charge in [-0.1, -0.05) is 22.9 Å². The van der Waals surface area contributed by atoms with E-state index in [9.17, 15) is 0 Å². The minimum atomic E-state index is -0.0403. The maximum Gasteiger partial charge on any atom is 0.132 e. The quantitative estimate of drug-likeness (QED) is 0.424. The number of rotatable bonds is 4. The normalized spacial score (nSPS) is 12.6. The molecule has 0 amide bonds. The van der Waals surface area contributed by atoms with Crippen LogP contribution in [0.3, 0.4) is 0 Å². The molecular weight excluding hydrogens is 424 g/mol. The summed E-state index contributed by atoms with van der Waals surface area (Å²) >= 11 is 6.63. The van der Waals surface area contributed by atoms with Crippen molar-refractivity contribution in [2.75, 3.05) is 0 Å². The molecule has 4 heterocycles. The molecule has 0 saturated carbocycles. The first-order valence-electron chi connectivity index (χ1n) is 10.1. The maximum atomic E-state index is 6.63. The second kappa shape index (κ2) is 7.28.